The molecule has 2 heterocycles. The SMILES string of the molecule is N#Cc1ccc(-c2ccccc2-c2ccc(C#N)c(-n3c4ccccc4c4ccccc43)c2)c(-n2c3ccccc3c3ccccc32)c1. The van der Waals surface area contributed by atoms with Gasteiger partial charge in [0.1, 0.15) is 6.07 Å². The Labute approximate surface area is 277 Å². The molecule has 2 aromatic heterocycles. The Kier molecular flexibility index (Phi) is 6.22. The predicted molar refractivity (Wildman–Crippen MR) is 195 cm³/mol. The number of aromatic nitrogens is 2. The fourth-order valence-corrected chi connectivity index (χ4v) is 7.33. The van der Waals surface area contributed by atoms with Crippen molar-refractivity contribution < 1.29 is 0 Å². The number of nitriles is 2. The number of rotatable bonds is 4. The molecular weight excluding hydrogens is 585 g/mol. The molecule has 0 unspecified atom stereocenters. The van der Waals surface area contributed by atoms with E-state index in [4.69, 9.17) is 0 Å². The smallest absolute Gasteiger partial charge is 0.101 e. The summed E-state index contributed by atoms with van der Waals surface area (Å²) in [5.74, 6) is 0. The molecule has 9 aromatic rings. The summed E-state index contributed by atoms with van der Waals surface area (Å²) in [4.78, 5) is 0. The van der Waals surface area contributed by atoms with Crippen molar-refractivity contribution in [3.05, 3.63) is 169 Å². The van der Waals surface area contributed by atoms with E-state index in [9.17, 15) is 10.5 Å². The van der Waals surface area contributed by atoms with Crippen LogP contribution in [0.15, 0.2) is 158 Å². The topological polar surface area (TPSA) is 57.4 Å². The van der Waals surface area contributed by atoms with Crippen LogP contribution in [0, 0.1) is 22.7 Å². The van der Waals surface area contributed by atoms with Crippen molar-refractivity contribution in [2.75, 3.05) is 0 Å². The summed E-state index contributed by atoms with van der Waals surface area (Å²) in [5.41, 5.74) is 11.3. The van der Waals surface area contributed by atoms with Crippen LogP contribution in [-0.2, 0) is 0 Å². The standard InChI is InChI=1S/C44H26N4/c45-27-29-21-24-38(44(25-29)48-41-19-9-5-15-36(41)37-16-6-10-20-42(37)48)33-12-2-1-11-32(33)30-22-23-31(28-46)43(26-30)47-39-17-7-3-13-34(39)35-14-4-8-18-40(35)47/h1-26H. The van der Waals surface area contributed by atoms with Gasteiger partial charge >= 0.3 is 0 Å². The number of hydrogen-bond acceptors (Lipinski definition) is 2. The summed E-state index contributed by atoms with van der Waals surface area (Å²) >= 11 is 0. The lowest BCUT2D eigenvalue weighted by Gasteiger charge is -2.18. The van der Waals surface area contributed by atoms with E-state index in [1.807, 2.05) is 36.4 Å². The molecule has 0 bridgehead atoms. The molecule has 0 aliphatic heterocycles. The molecule has 0 atom stereocenters. The normalized spacial score (nSPS) is 11.3. The number of fused-ring (bicyclic) bond motifs is 6. The Morgan fingerprint density at radius 2 is 0.854 bits per heavy atom. The molecule has 0 spiro atoms. The van der Waals surface area contributed by atoms with E-state index in [2.05, 4.69) is 143 Å². The zero-order chi connectivity index (χ0) is 32.2. The van der Waals surface area contributed by atoms with Crippen molar-refractivity contribution in [1.29, 1.82) is 10.5 Å². The van der Waals surface area contributed by atoms with Crippen LogP contribution in [0.2, 0.25) is 0 Å². The zero-order valence-electron chi connectivity index (χ0n) is 25.8. The fraction of sp³-hybridized carbons (Fsp3) is 0. The first kappa shape index (κ1) is 27.4. The zero-order valence-corrected chi connectivity index (χ0v) is 25.8. The van der Waals surface area contributed by atoms with Gasteiger partial charge in [0.15, 0.2) is 0 Å². The van der Waals surface area contributed by atoms with Gasteiger partial charge in [-0.2, -0.15) is 10.5 Å². The van der Waals surface area contributed by atoms with Gasteiger partial charge in [0.05, 0.1) is 50.6 Å². The van der Waals surface area contributed by atoms with Crippen LogP contribution in [-0.4, -0.2) is 9.13 Å². The highest BCUT2D eigenvalue weighted by atomic mass is 15.0. The van der Waals surface area contributed by atoms with Crippen LogP contribution in [0.4, 0.5) is 0 Å². The molecule has 4 heteroatoms. The molecule has 0 amide bonds. The van der Waals surface area contributed by atoms with Crippen molar-refractivity contribution in [2.24, 2.45) is 0 Å². The predicted octanol–water partition coefficient (Wildman–Crippen LogP) is 11.0. The third kappa shape index (κ3) is 4.07. The van der Waals surface area contributed by atoms with Gasteiger partial charge in [-0.15, -0.1) is 0 Å². The van der Waals surface area contributed by atoms with Gasteiger partial charge in [-0.1, -0.05) is 109 Å². The Morgan fingerprint density at radius 3 is 1.38 bits per heavy atom. The van der Waals surface area contributed by atoms with Crippen LogP contribution in [0.5, 0.6) is 0 Å². The van der Waals surface area contributed by atoms with E-state index in [-0.39, 0.29) is 0 Å². The summed E-state index contributed by atoms with van der Waals surface area (Å²) in [5, 5.41) is 25.0. The molecule has 48 heavy (non-hydrogen) atoms. The molecule has 0 saturated carbocycles. The highest BCUT2D eigenvalue weighted by Gasteiger charge is 2.20. The van der Waals surface area contributed by atoms with Gasteiger partial charge in [-0.25, -0.2) is 0 Å². The first-order valence-electron chi connectivity index (χ1n) is 15.9. The lowest BCUT2D eigenvalue weighted by molar-refractivity contribution is 1.17. The molecule has 0 saturated heterocycles. The molecule has 222 valence electrons. The van der Waals surface area contributed by atoms with E-state index in [0.29, 0.717) is 11.1 Å². The average Bonchev–Trinajstić information content (AvgIpc) is 3.67. The quantitative estimate of drug-likeness (QED) is 0.199. The molecule has 0 aliphatic carbocycles. The Hall–Kier alpha value is -6.88. The van der Waals surface area contributed by atoms with Gasteiger partial charge in [-0.3, -0.25) is 0 Å². The van der Waals surface area contributed by atoms with Crippen molar-refractivity contribution >= 4 is 43.6 Å². The summed E-state index contributed by atoms with van der Waals surface area (Å²) < 4.78 is 4.49. The van der Waals surface area contributed by atoms with Crippen LogP contribution in [0.25, 0.3) is 77.2 Å². The maximum absolute atomic E-state index is 10.3. The van der Waals surface area contributed by atoms with E-state index in [0.717, 1.165) is 77.2 Å². The van der Waals surface area contributed by atoms with Gasteiger partial charge < -0.3 is 9.13 Å². The summed E-state index contributed by atoms with van der Waals surface area (Å²) in [6, 6.07) is 58.9. The average molecular weight is 611 g/mol. The molecule has 0 aliphatic rings. The maximum atomic E-state index is 10.3. The highest BCUT2D eigenvalue weighted by Crippen LogP contribution is 2.41. The number of hydrogen-bond donors (Lipinski definition) is 0. The second kappa shape index (κ2) is 10.9. The van der Waals surface area contributed by atoms with E-state index in [1.54, 1.807) is 0 Å². The summed E-state index contributed by atoms with van der Waals surface area (Å²) in [6.07, 6.45) is 0. The van der Waals surface area contributed by atoms with E-state index in [1.165, 1.54) is 0 Å². The molecule has 9 rings (SSSR count). The largest absolute Gasteiger partial charge is 0.309 e. The van der Waals surface area contributed by atoms with Crippen molar-refractivity contribution in [2.45, 2.75) is 0 Å². The highest BCUT2D eigenvalue weighted by molar-refractivity contribution is 6.11. The van der Waals surface area contributed by atoms with Crippen molar-refractivity contribution in [1.82, 2.24) is 9.13 Å². The van der Waals surface area contributed by atoms with Crippen LogP contribution < -0.4 is 0 Å². The van der Waals surface area contributed by atoms with Crippen molar-refractivity contribution in [3.8, 4) is 45.8 Å². The van der Waals surface area contributed by atoms with E-state index < -0.39 is 0 Å². The minimum atomic E-state index is 0.597. The van der Waals surface area contributed by atoms with Gasteiger partial charge in [-0.05, 0) is 65.2 Å². The molecule has 4 nitrogen and oxygen atoms in total. The minimum absolute atomic E-state index is 0.597. The number of para-hydroxylation sites is 4. The maximum Gasteiger partial charge on any atom is 0.101 e. The second-order valence-electron chi connectivity index (χ2n) is 12.0. The summed E-state index contributed by atoms with van der Waals surface area (Å²) in [6.45, 7) is 0. The van der Waals surface area contributed by atoms with Crippen LogP contribution >= 0.6 is 0 Å². The lowest BCUT2D eigenvalue weighted by atomic mass is 9.92. The van der Waals surface area contributed by atoms with Gasteiger partial charge in [0.25, 0.3) is 0 Å². The number of benzene rings is 7. The Balaban J connectivity index is 1.31. The van der Waals surface area contributed by atoms with Gasteiger partial charge in [0.2, 0.25) is 0 Å². The first-order valence-corrected chi connectivity index (χ1v) is 15.9. The molecule has 0 N–H and O–H groups in total. The molecule has 7 aromatic carbocycles. The lowest BCUT2D eigenvalue weighted by Crippen LogP contribution is -2.00. The van der Waals surface area contributed by atoms with Crippen LogP contribution in [0.1, 0.15) is 11.1 Å². The third-order valence-electron chi connectivity index (χ3n) is 9.42. The fourth-order valence-electron chi connectivity index (χ4n) is 7.33. The minimum Gasteiger partial charge on any atom is -0.309 e. The van der Waals surface area contributed by atoms with Crippen molar-refractivity contribution in [3.63, 3.8) is 0 Å². The monoisotopic (exact) mass is 610 g/mol. The first-order chi connectivity index (χ1) is 23.7. The second-order valence-corrected chi connectivity index (χ2v) is 12.0. The van der Waals surface area contributed by atoms with Gasteiger partial charge in [0, 0.05) is 27.1 Å². The molecule has 0 radical (unpaired) electrons. The molecule has 0 fully saturated rings. The Morgan fingerprint density at radius 1 is 0.375 bits per heavy atom. The van der Waals surface area contributed by atoms with E-state index >= 15 is 0 Å². The number of nitrogens with zero attached hydrogens (tertiary/aromatic N) is 4. The third-order valence-corrected chi connectivity index (χ3v) is 9.42. The summed E-state index contributed by atoms with van der Waals surface area (Å²) in [7, 11) is 0. The van der Waals surface area contributed by atoms with Crippen LogP contribution in [0.3, 0.4) is 0 Å². The molecular formula is C44H26N4. The Bertz CT molecular complexity index is 2710.